The molecule has 0 radical (unpaired) electrons. The van der Waals surface area contributed by atoms with Gasteiger partial charge in [-0.3, -0.25) is 19.9 Å². The van der Waals surface area contributed by atoms with Gasteiger partial charge in [-0.2, -0.15) is 4.98 Å². The molecule has 0 atom stereocenters. The molecule has 0 aliphatic carbocycles. The summed E-state index contributed by atoms with van der Waals surface area (Å²) in [6.07, 6.45) is 3.07. The lowest BCUT2D eigenvalue weighted by Gasteiger charge is -2.02. The molecule has 0 fully saturated rings. The second kappa shape index (κ2) is 4.65. The van der Waals surface area contributed by atoms with Crippen molar-refractivity contribution in [2.75, 3.05) is 5.32 Å². The fraction of sp³-hybridized carbons (Fsp3) is 0.167. The highest BCUT2D eigenvalue weighted by Gasteiger charge is 2.12. The number of hydrogen-bond acceptors (Lipinski definition) is 5. The molecule has 8 heteroatoms. The first kappa shape index (κ1) is 12.2. The van der Waals surface area contributed by atoms with Gasteiger partial charge in [-0.25, -0.2) is 4.98 Å². The van der Waals surface area contributed by atoms with Crippen molar-refractivity contribution in [3.05, 3.63) is 40.8 Å². The number of aromatic amines is 1. The number of aromatic nitrogens is 4. The van der Waals surface area contributed by atoms with Crippen LogP contribution in [-0.2, 0) is 11.3 Å². The molecule has 0 aliphatic heterocycles. The van der Waals surface area contributed by atoms with E-state index in [2.05, 4.69) is 20.3 Å². The topological polar surface area (TPSA) is 106 Å². The van der Waals surface area contributed by atoms with E-state index in [-0.39, 0.29) is 23.1 Å². The van der Waals surface area contributed by atoms with Gasteiger partial charge >= 0.3 is 0 Å². The second-order valence-electron chi connectivity index (χ2n) is 4.22. The largest absolute Gasteiger partial charge is 0.467 e. The van der Waals surface area contributed by atoms with Crippen LogP contribution in [0.25, 0.3) is 11.2 Å². The van der Waals surface area contributed by atoms with Gasteiger partial charge < -0.3 is 8.98 Å². The van der Waals surface area contributed by atoms with Crippen LogP contribution >= 0.6 is 0 Å². The fourth-order valence-electron chi connectivity index (χ4n) is 1.90. The van der Waals surface area contributed by atoms with Crippen molar-refractivity contribution in [3.8, 4) is 0 Å². The third kappa shape index (κ3) is 2.18. The summed E-state index contributed by atoms with van der Waals surface area (Å²) in [5.74, 6) is 0.468. The van der Waals surface area contributed by atoms with Crippen molar-refractivity contribution in [1.29, 1.82) is 0 Å². The molecule has 102 valence electrons. The highest BCUT2D eigenvalue weighted by molar-refractivity contribution is 5.87. The van der Waals surface area contributed by atoms with Crippen LogP contribution in [0.3, 0.4) is 0 Å². The van der Waals surface area contributed by atoms with E-state index < -0.39 is 0 Å². The summed E-state index contributed by atoms with van der Waals surface area (Å²) >= 11 is 0. The number of H-pyrrole nitrogens is 1. The van der Waals surface area contributed by atoms with Crippen LogP contribution in [0.5, 0.6) is 0 Å². The number of carbonyl (C=O) groups is 1. The Morgan fingerprint density at radius 2 is 2.40 bits per heavy atom. The van der Waals surface area contributed by atoms with E-state index in [0.717, 1.165) is 0 Å². The molecule has 1 amide bonds. The summed E-state index contributed by atoms with van der Waals surface area (Å²) in [7, 11) is 0. The Labute approximate surface area is 112 Å². The molecule has 8 nitrogen and oxygen atoms in total. The number of hydrogen-bond donors (Lipinski definition) is 2. The SMILES string of the molecule is CC(=O)Nc1nc2ncn(Cc3ccco3)c2c(=O)[nH]1. The van der Waals surface area contributed by atoms with E-state index >= 15 is 0 Å². The van der Waals surface area contributed by atoms with Crippen LogP contribution in [0.15, 0.2) is 33.9 Å². The predicted molar refractivity (Wildman–Crippen MR) is 70.3 cm³/mol. The molecule has 0 aliphatic rings. The molecule has 3 aromatic heterocycles. The zero-order valence-electron chi connectivity index (χ0n) is 10.6. The molecule has 20 heavy (non-hydrogen) atoms. The summed E-state index contributed by atoms with van der Waals surface area (Å²) in [6.45, 7) is 1.72. The second-order valence-corrected chi connectivity index (χ2v) is 4.22. The van der Waals surface area contributed by atoms with E-state index in [1.807, 2.05) is 0 Å². The smallest absolute Gasteiger partial charge is 0.278 e. The normalized spacial score (nSPS) is 10.8. The van der Waals surface area contributed by atoms with Crippen LogP contribution in [0, 0.1) is 0 Å². The van der Waals surface area contributed by atoms with Gasteiger partial charge in [0.1, 0.15) is 5.76 Å². The Morgan fingerprint density at radius 3 is 3.10 bits per heavy atom. The molecule has 0 spiro atoms. The van der Waals surface area contributed by atoms with Gasteiger partial charge in [-0.15, -0.1) is 0 Å². The first-order valence-electron chi connectivity index (χ1n) is 5.88. The fourth-order valence-corrected chi connectivity index (χ4v) is 1.90. The molecule has 0 saturated heterocycles. The van der Waals surface area contributed by atoms with E-state index in [4.69, 9.17) is 4.42 Å². The Balaban J connectivity index is 2.04. The average molecular weight is 273 g/mol. The Kier molecular flexibility index (Phi) is 2.82. The first-order chi connectivity index (χ1) is 9.63. The van der Waals surface area contributed by atoms with Crippen molar-refractivity contribution >= 4 is 23.0 Å². The monoisotopic (exact) mass is 273 g/mol. The zero-order valence-corrected chi connectivity index (χ0v) is 10.6. The quantitative estimate of drug-likeness (QED) is 0.731. The maximum absolute atomic E-state index is 12.1. The lowest BCUT2D eigenvalue weighted by Crippen LogP contribution is -2.17. The molecule has 0 aromatic carbocycles. The predicted octanol–water partition coefficient (Wildman–Crippen LogP) is 0.719. The highest BCUT2D eigenvalue weighted by atomic mass is 16.3. The van der Waals surface area contributed by atoms with Gasteiger partial charge in [0.2, 0.25) is 11.9 Å². The van der Waals surface area contributed by atoms with Gasteiger partial charge in [0.25, 0.3) is 5.56 Å². The Bertz CT molecular complexity index is 815. The number of fused-ring (bicyclic) bond motifs is 1. The minimum atomic E-state index is -0.372. The van der Waals surface area contributed by atoms with E-state index in [1.54, 1.807) is 23.0 Å². The number of nitrogens with zero attached hydrogens (tertiary/aromatic N) is 3. The summed E-state index contributed by atoms with van der Waals surface area (Å²) in [5.41, 5.74) is 0.224. The molecular formula is C12H11N5O3. The maximum Gasteiger partial charge on any atom is 0.278 e. The van der Waals surface area contributed by atoms with Crippen molar-refractivity contribution in [3.63, 3.8) is 0 Å². The molecular weight excluding hydrogens is 262 g/mol. The molecule has 0 saturated carbocycles. The van der Waals surface area contributed by atoms with Crippen LogP contribution < -0.4 is 10.9 Å². The number of carbonyl (C=O) groups excluding carboxylic acids is 1. The van der Waals surface area contributed by atoms with Crippen LogP contribution in [-0.4, -0.2) is 25.4 Å². The third-order valence-electron chi connectivity index (χ3n) is 2.68. The van der Waals surface area contributed by atoms with Gasteiger partial charge in [0.15, 0.2) is 11.2 Å². The van der Waals surface area contributed by atoms with Gasteiger partial charge in [-0.05, 0) is 12.1 Å². The number of anilines is 1. The van der Waals surface area contributed by atoms with Crippen molar-refractivity contribution in [2.45, 2.75) is 13.5 Å². The van der Waals surface area contributed by atoms with Crippen LogP contribution in [0.4, 0.5) is 5.95 Å². The maximum atomic E-state index is 12.1. The van der Waals surface area contributed by atoms with Gasteiger partial charge in [0, 0.05) is 6.92 Å². The standard InChI is InChI=1S/C12H11N5O3/c1-7(18)14-12-15-10-9(11(19)16-12)17(6-13-10)5-8-3-2-4-20-8/h2-4,6H,5H2,1H3,(H2,14,15,16,18,19). The van der Waals surface area contributed by atoms with E-state index in [1.165, 1.54) is 13.3 Å². The number of furan rings is 1. The highest BCUT2D eigenvalue weighted by Crippen LogP contribution is 2.10. The van der Waals surface area contributed by atoms with Crippen molar-refractivity contribution in [2.24, 2.45) is 0 Å². The molecule has 3 rings (SSSR count). The Morgan fingerprint density at radius 1 is 1.55 bits per heavy atom. The summed E-state index contributed by atoms with van der Waals surface area (Å²) in [5, 5.41) is 2.42. The van der Waals surface area contributed by atoms with Crippen LogP contribution in [0.1, 0.15) is 12.7 Å². The number of amides is 1. The number of nitrogens with one attached hydrogen (secondary N) is 2. The lowest BCUT2D eigenvalue weighted by molar-refractivity contribution is -0.114. The minimum Gasteiger partial charge on any atom is -0.467 e. The lowest BCUT2D eigenvalue weighted by atomic mass is 10.4. The first-order valence-corrected chi connectivity index (χ1v) is 5.88. The van der Waals surface area contributed by atoms with Gasteiger partial charge in [-0.1, -0.05) is 0 Å². The Hall–Kier alpha value is -2.90. The molecule has 3 aromatic rings. The molecule has 2 N–H and O–H groups in total. The minimum absolute atomic E-state index is 0.0817. The van der Waals surface area contributed by atoms with Crippen LogP contribution in [0.2, 0.25) is 0 Å². The number of rotatable bonds is 3. The number of imidazole rings is 1. The van der Waals surface area contributed by atoms with E-state index in [0.29, 0.717) is 17.8 Å². The van der Waals surface area contributed by atoms with Gasteiger partial charge in [0.05, 0.1) is 19.1 Å². The third-order valence-corrected chi connectivity index (χ3v) is 2.68. The molecule has 0 unspecified atom stereocenters. The molecule has 0 bridgehead atoms. The summed E-state index contributed by atoms with van der Waals surface area (Å²) in [6, 6.07) is 3.57. The molecule has 3 heterocycles. The van der Waals surface area contributed by atoms with Crippen molar-refractivity contribution < 1.29 is 9.21 Å². The van der Waals surface area contributed by atoms with E-state index in [9.17, 15) is 9.59 Å². The summed E-state index contributed by atoms with van der Waals surface area (Å²) < 4.78 is 6.87. The summed E-state index contributed by atoms with van der Waals surface area (Å²) in [4.78, 5) is 33.7. The van der Waals surface area contributed by atoms with Crippen molar-refractivity contribution in [1.82, 2.24) is 19.5 Å². The average Bonchev–Trinajstić information content (AvgIpc) is 2.99. The zero-order chi connectivity index (χ0) is 14.1.